The number of rotatable bonds is 8. The van der Waals surface area contributed by atoms with Crippen LogP contribution in [0.4, 0.5) is 0 Å². The molecule has 0 aliphatic carbocycles. The van der Waals surface area contributed by atoms with Crippen LogP contribution in [0.3, 0.4) is 0 Å². The maximum atomic E-state index is 13.3. The third kappa shape index (κ3) is 6.11. The SMILES string of the molecule is O=C(O)c1ccccc1C(=O)N(CCS(=O)(=O)N1CCCCCC1)Cc1ccncc1. The van der Waals surface area contributed by atoms with E-state index in [1.54, 1.807) is 36.7 Å². The average molecular weight is 446 g/mol. The van der Waals surface area contributed by atoms with Gasteiger partial charge >= 0.3 is 5.97 Å². The van der Waals surface area contributed by atoms with E-state index >= 15 is 0 Å². The van der Waals surface area contributed by atoms with Crippen molar-refractivity contribution in [2.75, 3.05) is 25.4 Å². The summed E-state index contributed by atoms with van der Waals surface area (Å²) >= 11 is 0. The molecule has 1 N–H and O–H groups in total. The number of amides is 1. The van der Waals surface area contributed by atoms with Gasteiger partial charge in [-0.2, -0.15) is 0 Å². The first kappa shape index (κ1) is 22.9. The minimum absolute atomic E-state index is 0.0338. The van der Waals surface area contributed by atoms with Gasteiger partial charge in [-0.05, 0) is 42.7 Å². The van der Waals surface area contributed by atoms with Gasteiger partial charge in [0.05, 0.1) is 16.9 Å². The Labute approximate surface area is 182 Å². The highest BCUT2D eigenvalue weighted by molar-refractivity contribution is 7.89. The number of hydrogen-bond donors (Lipinski definition) is 1. The Kier molecular flexibility index (Phi) is 7.75. The van der Waals surface area contributed by atoms with Gasteiger partial charge in [-0.25, -0.2) is 17.5 Å². The minimum atomic E-state index is -3.53. The van der Waals surface area contributed by atoms with Crippen molar-refractivity contribution in [1.82, 2.24) is 14.2 Å². The summed E-state index contributed by atoms with van der Waals surface area (Å²) in [7, 11) is -3.53. The lowest BCUT2D eigenvalue weighted by Crippen LogP contribution is -2.40. The zero-order chi connectivity index (χ0) is 22.3. The third-order valence-corrected chi connectivity index (χ3v) is 7.23. The normalized spacial score (nSPS) is 15.2. The second kappa shape index (κ2) is 10.5. The van der Waals surface area contributed by atoms with Gasteiger partial charge in [-0.1, -0.05) is 25.0 Å². The van der Waals surface area contributed by atoms with E-state index < -0.39 is 21.9 Å². The molecule has 31 heavy (non-hydrogen) atoms. The molecule has 9 heteroatoms. The van der Waals surface area contributed by atoms with Gasteiger partial charge < -0.3 is 10.0 Å². The Morgan fingerprint density at radius 3 is 2.19 bits per heavy atom. The van der Waals surface area contributed by atoms with Crippen LogP contribution in [0.1, 0.15) is 52.0 Å². The molecule has 1 aromatic heterocycles. The fourth-order valence-electron chi connectivity index (χ4n) is 3.66. The molecule has 1 fully saturated rings. The Morgan fingerprint density at radius 2 is 1.58 bits per heavy atom. The number of aromatic nitrogens is 1. The van der Waals surface area contributed by atoms with E-state index in [2.05, 4.69) is 4.98 Å². The zero-order valence-electron chi connectivity index (χ0n) is 17.3. The molecule has 2 aromatic rings. The predicted molar refractivity (Wildman–Crippen MR) is 116 cm³/mol. The van der Waals surface area contributed by atoms with Crippen LogP contribution in [-0.4, -0.2) is 65.0 Å². The van der Waals surface area contributed by atoms with Crippen LogP contribution >= 0.6 is 0 Å². The number of pyridine rings is 1. The number of carboxylic acids is 1. The van der Waals surface area contributed by atoms with Crippen molar-refractivity contribution in [3.05, 3.63) is 65.5 Å². The van der Waals surface area contributed by atoms with Crippen LogP contribution < -0.4 is 0 Å². The van der Waals surface area contributed by atoms with Crippen molar-refractivity contribution in [2.45, 2.75) is 32.2 Å². The Hall–Kier alpha value is -2.78. The molecule has 2 heterocycles. The molecule has 0 unspecified atom stereocenters. The van der Waals surface area contributed by atoms with E-state index in [0.717, 1.165) is 31.2 Å². The number of carbonyl (C=O) groups is 2. The molecule has 0 saturated carbocycles. The molecule has 3 rings (SSSR count). The lowest BCUT2D eigenvalue weighted by Gasteiger charge is -2.26. The lowest BCUT2D eigenvalue weighted by molar-refractivity contribution is 0.0674. The van der Waals surface area contributed by atoms with Gasteiger partial charge in [0.15, 0.2) is 0 Å². The molecule has 0 atom stereocenters. The van der Waals surface area contributed by atoms with Crippen LogP contribution in [0.2, 0.25) is 0 Å². The van der Waals surface area contributed by atoms with Crippen LogP contribution in [0, 0.1) is 0 Å². The Balaban J connectivity index is 1.83. The van der Waals surface area contributed by atoms with Crippen LogP contribution in [-0.2, 0) is 16.6 Å². The van der Waals surface area contributed by atoms with Crippen molar-refractivity contribution in [3.8, 4) is 0 Å². The number of hydrogen-bond acceptors (Lipinski definition) is 5. The molecule has 1 saturated heterocycles. The minimum Gasteiger partial charge on any atom is -0.478 e. The van der Waals surface area contributed by atoms with Gasteiger partial charge in [0.2, 0.25) is 10.0 Å². The smallest absolute Gasteiger partial charge is 0.336 e. The van der Waals surface area contributed by atoms with Crippen molar-refractivity contribution < 1.29 is 23.1 Å². The van der Waals surface area contributed by atoms with Crippen LogP contribution in [0.25, 0.3) is 0 Å². The molecule has 1 aromatic carbocycles. The fraction of sp³-hybridized carbons (Fsp3) is 0.409. The number of benzene rings is 1. The molecule has 1 amide bonds. The quantitative estimate of drug-likeness (QED) is 0.669. The molecule has 1 aliphatic heterocycles. The first-order valence-electron chi connectivity index (χ1n) is 10.4. The zero-order valence-corrected chi connectivity index (χ0v) is 18.1. The molecule has 0 radical (unpaired) electrons. The highest BCUT2D eigenvalue weighted by atomic mass is 32.2. The molecule has 8 nitrogen and oxygen atoms in total. The summed E-state index contributed by atoms with van der Waals surface area (Å²) in [6, 6.07) is 9.46. The van der Waals surface area contributed by atoms with E-state index in [0.29, 0.717) is 13.1 Å². The third-order valence-electron chi connectivity index (χ3n) is 5.38. The number of carbonyl (C=O) groups excluding carboxylic acids is 1. The average Bonchev–Trinajstić information content (AvgIpc) is 3.07. The van der Waals surface area contributed by atoms with Gasteiger partial charge in [0.25, 0.3) is 5.91 Å². The van der Waals surface area contributed by atoms with E-state index in [1.807, 2.05) is 0 Å². The Morgan fingerprint density at radius 1 is 0.968 bits per heavy atom. The summed E-state index contributed by atoms with van der Waals surface area (Å²) in [6.07, 6.45) is 6.90. The van der Waals surface area contributed by atoms with Crippen LogP contribution in [0.15, 0.2) is 48.8 Å². The second-order valence-electron chi connectivity index (χ2n) is 7.56. The first-order valence-corrected chi connectivity index (χ1v) is 12.0. The van der Waals surface area contributed by atoms with E-state index in [4.69, 9.17) is 0 Å². The van der Waals surface area contributed by atoms with Gasteiger partial charge in [-0.15, -0.1) is 0 Å². The highest BCUT2D eigenvalue weighted by Crippen LogP contribution is 2.17. The predicted octanol–water partition coefficient (Wildman–Crippen LogP) is 2.63. The number of carboxylic acid groups (broad SMARTS) is 1. The maximum Gasteiger partial charge on any atom is 0.336 e. The summed E-state index contributed by atoms with van der Waals surface area (Å²) in [5.41, 5.74) is 0.710. The monoisotopic (exact) mass is 445 g/mol. The van der Waals surface area contributed by atoms with Crippen molar-refractivity contribution in [3.63, 3.8) is 0 Å². The molecule has 0 spiro atoms. The van der Waals surface area contributed by atoms with E-state index in [9.17, 15) is 23.1 Å². The van der Waals surface area contributed by atoms with Crippen molar-refractivity contribution in [1.29, 1.82) is 0 Å². The topological polar surface area (TPSA) is 108 Å². The standard InChI is InChI=1S/C22H27N3O5S/c26-21(19-7-3-4-8-20(19)22(27)28)24(17-18-9-11-23-12-10-18)15-16-31(29,30)25-13-5-1-2-6-14-25/h3-4,7-12H,1-2,5-6,13-17H2,(H,27,28). The number of sulfonamides is 1. The van der Waals surface area contributed by atoms with Gasteiger partial charge in [0, 0.05) is 38.6 Å². The summed E-state index contributed by atoms with van der Waals surface area (Å²) in [5.74, 6) is -1.93. The van der Waals surface area contributed by atoms with Crippen molar-refractivity contribution >= 4 is 21.9 Å². The van der Waals surface area contributed by atoms with E-state index in [-0.39, 0.29) is 30.0 Å². The molecule has 1 aliphatic rings. The molecule has 166 valence electrons. The highest BCUT2D eigenvalue weighted by Gasteiger charge is 2.27. The van der Waals surface area contributed by atoms with Gasteiger partial charge in [-0.3, -0.25) is 9.78 Å². The summed E-state index contributed by atoms with van der Waals surface area (Å²) in [5, 5.41) is 9.46. The maximum absolute atomic E-state index is 13.3. The molecular weight excluding hydrogens is 418 g/mol. The summed E-state index contributed by atoms with van der Waals surface area (Å²) in [4.78, 5) is 30.2. The van der Waals surface area contributed by atoms with E-state index in [1.165, 1.54) is 21.3 Å². The van der Waals surface area contributed by atoms with Crippen LogP contribution in [0.5, 0.6) is 0 Å². The molecular formula is C22H27N3O5S. The van der Waals surface area contributed by atoms with Crippen molar-refractivity contribution in [2.24, 2.45) is 0 Å². The molecule has 0 bridgehead atoms. The fourth-order valence-corrected chi connectivity index (χ4v) is 5.19. The summed E-state index contributed by atoms with van der Waals surface area (Å²) in [6.45, 7) is 1.13. The Bertz CT molecular complexity index is 1000. The number of aromatic carboxylic acids is 1. The largest absolute Gasteiger partial charge is 0.478 e. The lowest BCUT2D eigenvalue weighted by atomic mass is 10.1. The first-order chi connectivity index (χ1) is 14.9. The van der Waals surface area contributed by atoms with Gasteiger partial charge in [0.1, 0.15) is 0 Å². The second-order valence-corrected chi connectivity index (χ2v) is 9.65. The summed E-state index contributed by atoms with van der Waals surface area (Å²) < 4.78 is 27.3. The number of nitrogens with zero attached hydrogens (tertiary/aromatic N) is 3.